The fraction of sp³-hybridized carbons (Fsp3) is 0.500. The molecular formula is C14H20Cl2N2O2. The van der Waals surface area contributed by atoms with Crippen molar-refractivity contribution in [3.05, 3.63) is 23.2 Å². The van der Waals surface area contributed by atoms with Crippen LogP contribution in [-0.4, -0.2) is 18.1 Å². The molecule has 0 bridgehead atoms. The van der Waals surface area contributed by atoms with Gasteiger partial charge in [0.15, 0.2) is 0 Å². The van der Waals surface area contributed by atoms with Crippen molar-refractivity contribution in [1.29, 1.82) is 0 Å². The molecule has 0 aliphatic heterocycles. The van der Waals surface area contributed by atoms with E-state index in [-0.39, 0.29) is 24.4 Å². The van der Waals surface area contributed by atoms with E-state index in [0.717, 1.165) is 12.8 Å². The minimum absolute atomic E-state index is 0. The van der Waals surface area contributed by atoms with Gasteiger partial charge in [0.1, 0.15) is 5.75 Å². The molecule has 20 heavy (non-hydrogen) atoms. The van der Waals surface area contributed by atoms with Gasteiger partial charge in [-0.05, 0) is 50.8 Å². The lowest BCUT2D eigenvalue weighted by Crippen LogP contribution is -2.32. The molecule has 0 saturated heterocycles. The summed E-state index contributed by atoms with van der Waals surface area (Å²) in [5.74, 6) is 0.438. The second kappa shape index (κ2) is 7.72. The number of anilines is 1. The van der Waals surface area contributed by atoms with Gasteiger partial charge in [0.05, 0.1) is 17.2 Å². The summed E-state index contributed by atoms with van der Waals surface area (Å²) < 4.78 is 5.84. The fourth-order valence-corrected chi connectivity index (χ4v) is 2.34. The molecule has 1 saturated carbocycles. The Balaban J connectivity index is 0.00000200. The summed E-state index contributed by atoms with van der Waals surface area (Å²) >= 11 is 6.16. The molecule has 0 spiro atoms. The van der Waals surface area contributed by atoms with E-state index in [1.165, 1.54) is 12.8 Å². The van der Waals surface area contributed by atoms with Crippen LogP contribution in [-0.2, 0) is 4.79 Å². The van der Waals surface area contributed by atoms with Crippen LogP contribution >= 0.6 is 24.0 Å². The molecule has 2 rings (SSSR count). The van der Waals surface area contributed by atoms with Gasteiger partial charge in [-0.25, -0.2) is 0 Å². The maximum absolute atomic E-state index is 11.5. The number of amides is 1. The monoisotopic (exact) mass is 318 g/mol. The van der Waals surface area contributed by atoms with Crippen molar-refractivity contribution in [2.75, 3.05) is 5.32 Å². The van der Waals surface area contributed by atoms with E-state index in [0.29, 0.717) is 16.5 Å². The van der Waals surface area contributed by atoms with Gasteiger partial charge in [0, 0.05) is 5.69 Å². The highest BCUT2D eigenvalue weighted by atomic mass is 35.5. The largest absolute Gasteiger partial charge is 0.489 e. The Morgan fingerprint density at radius 2 is 2.10 bits per heavy atom. The zero-order valence-corrected chi connectivity index (χ0v) is 13.0. The van der Waals surface area contributed by atoms with E-state index in [2.05, 4.69) is 5.32 Å². The standard InChI is InChI=1S/C14H19ClN2O2.ClH/c1-9(16)14(18)17-10-6-7-13(12(15)8-10)19-11-4-2-3-5-11;/h6-9,11H,2-5,16H2,1H3,(H,17,18);1H/t9-;/m1./s1. The Bertz CT molecular complexity index is 460. The second-order valence-electron chi connectivity index (χ2n) is 4.95. The quantitative estimate of drug-likeness (QED) is 0.894. The lowest BCUT2D eigenvalue weighted by molar-refractivity contribution is -0.117. The summed E-state index contributed by atoms with van der Waals surface area (Å²) in [6.07, 6.45) is 4.86. The van der Waals surface area contributed by atoms with Crippen LogP contribution in [0.3, 0.4) is 0 Å². The summed E-state index contributed by atoms with van der Waals surface area (Å²) in [7, 11) is 0. The van der Waals surface area contributed by atoms with Crippen LogP contribution in [0.4, 0.5) is 5.69 Å². The first-order valence-corrected chi connectivity index (χ1v) is 6.96. The molecule has 1 atom stereocenters. The van der Waals surface area contributed by atoms with Crippen molar-refractivity contribution in [2.45, 2.75) is 44.8 Å². The van der Waals surface area contributed by atoms with E-state index in [1.807, 2.05) is 0 Å². The molecule has 1 aliphatic carbocycles. The lowest BCUT2D eigenvalue weighted by atomic mass is 10.2. The van der Waals surface area contributed by atoms with Crippen molar-refractivity contribution < 1.29 is 9.53 Å². The number of carbonyl (C=O) groups excluding carboxylic acids is 1. The van der Waals surface area contributed by atoms with Gasteiger partial charge in [0.2, 0.25) is 5.91 Å². The Kier molecular flexibility index (Phi) is 6.59. The normalized spacial score (nSPS) is 16.4. The summed E-state index contributed by atoms with van der Waals surface area (Å²) in [6, 6.07) is 4.70. The SMILES string of the molecule is C[C@@H](N)C(=O)Nc1ccc(OC2CCCC2)c(Cl)c1.Cl. The van der Waals surface area contributed by atoms with Gasteiger partial charge in [0.25, 0.3) is 0 Å². The van der Waals surface area contributed by atoms with Crippen LogP contribution in [0.1, 0.15) is 32.6 Å². The zero-order chi connectivity index (χ0) is 13.8. The lowest BCUT2D eigenvalue weighted by Gasteiger charge is -2.15. The molecule has 1 fully saturated rings. The number of carbonyl (C=O) groups is 1. The molecule has 6 heteroatoms. The third kappa shape index (κ3) is 4.54. The second-order valence-corrected chi connectivity index (χ2v) is 5.35. The summed E-state index contributed by atoms with van der Waals surface area (Å²) in [4.78, 5) is 11.5. The third-order valence-electron chi connectivity index (χ3n) is 3.21. The predicted octanol–water partition coefficient (Wildman–Crippen LogP) is 3.37. The molecule has 1 aromatic carbocycles. The van der Waals surface area contributed by atoms with Crippen LogP contribution in [0.25, 0.3) is 0 Å². The highest BCUT2D eigenvalue weighted by molar-refractivity contribution is 6.32. The van der Waals surface area contributed by atoms with Crippen LogP contribution in [0, 0.1) is 0 Å². The first-order chi connectivity index (χ1) is 9.06. The first kappa shape index (κ1) is 17.1. The minimum atomic E-state index is -0.548. The highest BCUT2D eigenvalue weighted by Crippen LogP contribution is 2.31. The number of benzene rings is 1. The van der Waals surface area contributed by atoms with E-state index in [4.69, 9.17) is 22.1 Å². The van der Waals surface area contributed by atoms with E-state index in [9.17, 15) is 4.79 Å². The van der Waals surface area contributed by atoms with Gasteiger partial charge in [-0.3, -0.25) is 4.79 Å². The predicted molar refractivity (Wildman–Crippen MR) is 83.9 cm³/mol. The maximum Gasteiger partial charge on any atom is 0.240 e. The number of nitrogens with two attached hydrogens (primary N) is 1. The van der Waals surface area contributed by atoms with E-state index < -0.39 is 6.04 Å². The number of hydrogen-bond acceptors (Lipinski definition) is 3. The van der Waals surface area contributed by atoms with Gasteiger partial charge in [-0.1, -0.05) is 11.6 Å². The molecule has 4 nitrogen and oxygen atoms in total. The number of ether oxygens (including phenoxy) is 1. The average Bonchev–Trinajstić information content (AvgIpc) is 2.85. The summed E-state index contributed by atoms with van der Waals surface area (Å²) in [6.45, 7) is 1.63. The number of halogens is 2. The average molecular weight is 319 g/mol. The molecule has 0 radical (unpaired) electrons. The third-order valence-corrected chi connectivity index (χ3v) is 3.50. The minimum Gasteiger partial charge on any atom is -0.489 e. The van der Waals surface area contributed by atoms with Gasteiger partial charge >= 0.3 is 0 Å². The zero-order valence-electron chi connectivity index (χ0n) is 11.4. The molecular weight excluding hydrogens is 299 g/mol. The van der Waals surface area contributed by atoms with Crippen LogP contribution in [0.2, 0.25) is 5.02 Å². The van der Waals surface area contributed by atoms with Crippen LogP contribution in [0.5, 0.6) is 5.75 Å². The van der Waals surface area contributed by atoms with E-state index >= 15 is 0 Å². The van der Waals surface area contributed by atoms with Crippen molar-refractivity contribution in [3.8, 4) is 5.75 Å². The van der Waals surface area contributed by atoms with Gasteiger partial charge in [-0.15, -0.1) is 12.4 Å². The Morgan fingerprint density at radius 3 is 2.65 bits per heavy atom. The van der Waals surface area contributed by atoms with E-state index in [1.54, 1.807) is 25.1 Å². The van der Waals surface area contributed by atoms with Crippen molar-refractivity contribution >= 4 is 35.6 Å². The summed E-state index contributed by atoms with van der Waals surface area (Å²) in [5, 5.41) is 3.21. The molecule has 1 aliphatic rings. The molecule has 3 N–H and O–H groups in total. The number of hydrogen-bond donors (Lipinski definition) is 2. The topological polar surface area (TPSA) is 64.4 Å². The number of nitrogens with one attached hydrogen (secondary N) is 1. The summed E-state index contributed by atoms with van der Waals surface area (Å²) in [5.41, 5.74) is 6.12. The van der Waals surface area contributed by atoms with Gasteiger partial charge in [-0.2, -0.15) is 0 Å². The van der Waals surface area contributed by atoms with Crippen molar-refractivity contribution in [3.63, 3.8) is 0 Å². The van der Waals surface area contributed by atoms with Crippen molar-refractivity contribution in [2.24, 2.45) is 5.73 Å². The highest BCUT2D eigenvalue weighted by Gasteiger charge is 2.18. The van der Waals surface area contributed by atoms with Crippen LogP contribution in [0.15, 0.2) is 18.2 Å². The molecule has 0 unspecified atom stereocenters. The molecule has 1 aromatic rings. The molecule has 0 heterocycles. The first-order valence-electron chi connectivity index (χ1n) is 6.59. The molecule has 0 aromatic heterocycles. The Morgan fingerprint density at radius 1 is 1.45 bits per heavy atom. The number of rotatable bonds is 4. The molecule has 1 amide bonds. The molecule has 112 valence electrons. The Hall–Kier alpha value is -0.970. The van der Waals surface area contributed by atoms with Gasteiger partial charge < -0.3 is 15.8 Å². The smallest absolute Gasteiger partial charge is 0.240 e. The Labute approximate surface area is 130 Å². The fourth-order valence-electron chi connectivity index (χ4n) is 2.12. The van der Waals surface area contributed by atoms with Crippen molar-refractivity contribution in [1.82, 2.24) is 0 Å². The maximum atomic E-state index is 11.5. The van der Waals surface area contributed by atoms with Crippen LogP contribution < -0.4 is 15.8 Å².